The molecule has 0 saturated heterocycles. The van der Waals surface area contributed by atoms with Gasteiger partial charge in [0.15, 0.2) is 0 Å². The van der Waals surface area contributed by atoms with Crippen molar-refractivity contribution in [3.05, 3.63) is 176 Å². The molecular formula is C48H54O6Ti3. The summed E-state index contributed by atoms with van der Waals surface area (Å²) in [6, 6.07) is 24.2. The zero-order valence-electron chi connectivity index (χ0n) is 35.3. The number of hydrogen-bond acceptors (Lipinski definition) is 6. The van der Waals surface area contributed by atoms with Crippen LogP contribution in [0.15, 0.2) is 141 Å². The van der Waals surface area contributed by atoms with E-state index in [1.807, 2.05) is 0 Å². The van der Waals surface area contributed by atoms with Crippen LogP contribution in [0.2, 0.25) is 0 Å². The number of hydrogen-bond donors (Lipinski definition) is 0. The molecule has 0 amide bonds. The van der Waals surface area contributed by atoms with Crippen molar-refractivity contribution in [2.45, 2.75) is 83.1 Å². The fraction of sp³-hybridized carbons (Fsp3) is 0.312. The second-order valence-electron chi connectivity index (χ2n) is 13.4. The normalized spacial score (nSPS) is 17.1. The van der Waals surface area contributed by atoms with E-state index in [9.17, 15) is 29.7 Å². The van der Waals surface area contributed by atoms with E-state index in [0.717, 1.165) is 0 Å². The van der Waals surface area contributed by atoms with Crippen molar-refractivity contribution in [3.8, 4) is 0 Å². The first-order chi connectivity index (χ1) is 25.3. The molecule has 294 valence electrons. The molecule has 6 nitrogen and oxygen atoms in total. The van der Waals surface area contributed by atoms with E-state index >= 15 is 0 Å². The minimum atomic E-state index is -1.13. The first-order valence-corrected chi connectivity index (χ1v) is 17.9. The minimum Gasteiger partial charge on any atom is -0.545 e. The molecule has 0 aliphatic heterocycles. The largest absolute Gasteiger partial charge is 2.00 e. The maximum absolute atomic E-state index is 10.1. The minimum absolute atomic E-state index is 0. The van der Waals surface area contributed by atoms with E-state index in [1.165, 1.54) is 86.6 Å². The SMILES string of the molecule is CC1=[C-]C(C)C(C)=C1C.CC1=[C-]C(C)C(C)=C1C.CC1=[C-]C(C)C(C)=C1C.O=C([O-])c1ccccc1.O=C([O-])c1ccccc1.O=C([O-])c1ccccc1.[Ti+2].[Ti+2].[Ti+2]. The fourth-order valence-electron chi connectivity index (χ4n) is 5.21. The summed E-state index contributed by atoms with van der Waals surface area (Å²) in [6.07, 6.45) is 10.1. The molecule has 0 aromatic heterocycles. The van der Waals surface area contributed by atoms with Gasteiger partial charge in [0.2, 0.25) is 0 Å². The van der Waals surface area contributed by atoms with Crippen LogP contribution in [0.25, 0.3) is 0 Å². The monoisotopic (exact) mass is 870 g/mol. The van der Waals surface area contributed by atoms with Gasteiger partial charge in [-0.15, -0.1) is 20.8 Å². The van der Waals surface area contributed by atoms with Gasteiger partial charge < -0.3 is 29.7 Å². The summed E-state index contributed by atoms with van der Waals surface area (Å²) in [5.41, 5.74) is 13.4. The van der Waals surface area contributed by atoms with Gasteiger partial charge in [0.05, 0.1) is 17.9 Å². The van der Waals surface area contributed by atoms with Crippen molar-refractivity contribution in [2.75, 3.05) is 0 Å². The molecule has 0 radical (unpaired) electrons. The van der Waals surface area contributed by atoms with Crippen molar-refractivity contribution in [1.29, 1.82) is 0 Å². The number of carbonyl (C=O) groups excluding carboxylic acids is 3. The number of carboxylic acid groups (broad SMARTS) is 3. The van der Waals surface area contributed by atoms with Gasteiger partial charge in [-0.2, -0.15) is 33.4 Å². The standard InChI is InChI=1S/3C9H13.3C7H6O2.3Ti/c3*1-6-5-7(2)9(4)8(6)3;3*8-7(9)6-4-2-1-3-5-6;;;/h3*6H,1-4H3;3*1-5H,(H,8,9);;;/q3*-1;;;;3*+2/p-3. The molecule has 0 N–H and O–H groups in total. The van der Waals surface area contributed by atoms with E-state index in [-0.39, 0.29) is 81.8 Å². The quantitative estimate of drug-likeness (QED) is 0.193. The second-order valence-corrected chi connectivity index (χ2v) is 13.4. The van der Waals surface area contributed by atoms with Gasteiger partial charge in [0.1, 0.15) is 0 Å². The van der Waals surface area contributed by atoms with Gasteiger partial charge >= 0.3 is 65.2 Å². The zero-order valence-corrected chi connectivity index (χ0v) is 40.0. The van der Waals surface area contributed by atoms with Crippen LogP contribution in [0.1, 0.15) is 114 Å². The van der Waals surface area contributed by atoms with Crippen LogP contribution in [-0.4, -0.2) is 17.9 Å². The Morgan fingerprint density at radius 3 is 0.632 bits per heavy atom. The number of allylic oxidation sites excluding steroid dienone is 12. The molecule has 9 heteroatoms. The molecule has 57 heavy (non-hydrogen) atoms. The zero-order chi connectivity index (χ0) is 41.1. The third kappa shape index (κ3) is 20.8. The van der Waals surface area contributed by atoms with Crippen molar-refractivity contribution >= 4 is 17.9 Å². The Kier molecular flexibility index (Phi) is 30.3. The summed E-state index contributed by atoms with van der Waals surface area (Å²) in [5.74, 6) is -1.71. The smallest absolute Gasteiger partial charge is 0.545 e. The van der Waals surface area contributed by atoms with Gasteiger partial charge in [-0.25, -0.2) is 16.7 Å². The predicted molar refractivity (Wildman–Crippen MR) is 212 cm³/mol. The average molecular weight is 871 g/mol. The van der Waals surface area contributed by atoms with Crippen molar-refractivity contribution in [2.24, 2.45) is 17.8 Å². The van der Waals surface area contributed by atoms with Crippen LogP contribution >= 0.6 is 0 Å². The van der Waals surface area contributed by atoms with E-state index in [1.54, 1.807) is 54.6 Å². The summed E-state index contributed by atoms with van der Waals surface area (Å²) < 4.78 is 0. The first-order valence-electron chi connectivity index (χ1n) is 17.9. The van der Waals surface area contributed by atoms with Crippen LogP contribution in [0.4, 0.5) is 0 Å². The number of carboxylic acids is 3. The van der Waals surface area contributed by atoms with Crippen molar-refractivity contribution in [3.63, 3.8) is 0 Å². The van der Waals surface area contributed by atoms with Crippen molar-refractivity contribution in [1.82, 2.24) is 0 Å². The topological polar surface area (TPSA) is 120 Å². The molecular weight excluding hydrogens is 816 g/mol. The average Bonchev–Trinajstić information content (AvgIpc) is 3.63. The Morgan fingerprint density at radius 1 is 0.386 bits per heavy atom. The fourth-order valence-corrected chi connectivity index (χ4v) is 5.21. The molecule has 3 unspecified atom stereocenters. The van der Waals surface area contributed by atoms with Gasteiger partial charge in [0, 0.05) is 0 Å². The number of carbonyl (C=O) groups is 3. The van der Waals surface area contributed by atoms with Crippen LogP contribution < -0.4 is 15.3 Å². The van der Waals surface area contributed by atoms with E-state index in [0.29, 0.717) is 17.8 Å². The molecule has 0 spiro atoms. The summed E-state index contributed by atoms with van der Waals surface area (Å²) >= 11 is 0. The van der Waals surface area contributed by atoms with Gasteiger partial charge in [0.25, 0.3) is 0 Å². The molecule has 3 atom stereocenters. The predicted octanol–water partition coefficient (Wildman–Crippen LogP) is 8.31. The molecule has 3 aromatic rings. The number of aromatic carboxylic acids is 3. The Morgan fingerprint density at radius 2 is 0.561 bits per heavy atom. The molecule has 0 heterocycles. The molecule has 6 rings (SSSR count). The molecule has 3 aliphatic carbocycles. The van der Waals surface area contributed by atoms with Crippen LogP contribution in [-0.2, 0) is 65.2 Å². The van der Waals surface area contributed by atoms with Gasteiger partial charge in [-0.1, -0.05) is 171 Å². The maximum Gasteiger partial charge on any atom is 2.00 e. The molecule has 0 fully saturated rings. The second kappa shape index (κ2) is 29.8. The van der Waals surface area contributed by atoms with E-state index in [2.05, 4.69) is 101 Å². The van der Waals surface area contributed by atoms with Crippen LogP contribution in [0.3, 0.4) is 0 Å². The summed E-state index contributed by atoms with van der Waals surface area (Å²) in [6.45, 7) is 26.0. The molecule has 0 bridgehead atoms. The summed E-state index contributed by atoms with van der Waals surface area (Å²) in [7, 11) is 0. The third-order valence-corrected chi connectivity index (χ3v) is 9.74. The first kappa shape index (κ1) is 58.0. The Hall–Kier alpha value is -3.35. The van der Waals surface area contributed by atoms with Gasteiger partial charge in [-0.05, 0) is 16.7 Å². The molecule has 3 aliphatic rings. The maximum atomic E-state index is 10.1. The van der Waals surface area contributed by atoms with Crippen molar-refractivity contribution < 1.29 is 94.9 Å². The van der Waals surface area contributed by atoms with Crippen LogP contribution in [0, 0.1) is 36.0 Å². The number of rotatable bonds is 3. The molecule has 3 aromatic carbocycles. The van der Waals surface area contributed by atoms with E-state index in [4.69, 9.17) is 0 Å². The Balaban J connectivity index is -0.000000607. The third-order valence-electron chi connectivity index (χ3n) is 9.74. The van der Waals surface area contributed by atoms with Gasteiger partial charge in [-0.3, -0.25) is 18.2 Å². The Bertz CT molecular complexity index is 1680. The summed E-state index contributed by atoms with van der Waals surface area (Å²) in [4.78, 5) is 30.3. The van der Waals surface area contributed by atoms with Crippen LogP contribution in [0.5, 0.6) is 0 Å². The Labute approximate surface area is 386 Å². The molecule has 0 saturated carbocycles. The number of benzene rings is 3. The summed E-state index contributed by atoms with van der Waals surface area (Å²) in [5, 5.41) is 30.3. The van der Waals surface area contributed by atoms with E-state index < -0.39 is 17.9 Å².